The van der Waals surface area contributed by atoms with E-state index in [1.165, 1.54) is 0 Å². The Balaban J connectivity index is 2.51. The van der Waals surface area contributed by atoms with Crippen LogP contribution in [0.4, 0.5) is 13.2 Å². The van der Waals surface area contributed by atoms with Gasteiger partial charge in [0, 0.05) is 12.5 Å². The Hall–Kier alpha value is -1.15. The van der Waals surface area contributed by atoms with Crippen LogP contribution < -0.4 is 5.32 Å². The van der Waals surface area contributed by atoms with Crippen LogP contribution in [-0.4, -0.2) is 36.0 Å². The maximum Gasteiger partial charge on any atom is 0.411 e. The third kappa shape index (κ3) is 5.87. The van der Waals surface area contributed by atoms with Crippen molar-refractivity contribution in [3.63, 3.8) is 0 Å². The first-order valence-corrected chi connectivity index (χ1v) is 6.25. The minimum absolute atomic E-state index is 0.00380. The Morgan fingerprint density at radius 1 is 1.30 bits per heavy atom. The van der Waals surface area contributed by atoms with Crippen LogP contribution in [0, 0.1) is 5.41 Å². The van der Waals surface area contributed by atoms with Crippen LogP contribution in [0.5, 0.6) is 0 Å². The second kappa shape index (κ2) is 6.53. The fourth-order valence-corrected chi connectivity index (χ4v) is 1.71. The number of nitrogens with one attached hydrogen (secondary N) is 1. The Labute approximate surface area is 115 Å². The molecule has 0 bridgehead atoms. The predicted molar refractivity (Wildman–Crippen MR) is 66.0 cm³/mol. The first-order chi connectivity index (χ1) is 9.12. The van der Waals surface area contributed by atoms with E-state index in [1.807, 2.05) is 7.05 Å². The van der Waals surface area contributed by atoms with E-state index in [0.717, 1.165) is 0 Å². The molecule has 1 N–H and O–H groups in total. The lowest BCUT2D eigenvalue weighted by molar-refractivity contribution is -0.177. The van der Waals surface area contributed by atoms with Gasteiger partial charge in [-0.1, -0.05) is 25.9 Å². The summed E-state index contributed by atoms with van der Waals surface area (Å²) in [4.78, 5) is 4.02. The molecule has 1 aromatic heterocycles. The van der Waals surface area contributed by atoms with Crippen molar-refractivity contribution in [2.24, 2.45) is 5.41 Å². The Bertz CT molecular complexity index is 413. The highest BCUT2D eigenvalue weighted by molar-refractivity contribution is 4.92. The Kier molecular flexibility index (Phi) is 5.52. The monoisotopic (exact) mass is 295 g/mol. The lowest BCUT2D eigenvalue weighted by atomic mass is 9.85. The number of ether oxygens (including phenoxy) is 1. The number of alkyl halides is 3. The van der Waals surface area contributed by atoms with Crippen LogP contribution in [0.1, 0.15) is 32.5 Å². The van der Waals surface area contributed by atoms with E-state index in [2.05, 4.69) is 41.0 Å². The Morgan fingerprint density at radius 3 is 2.45 bits per heavy atom. The number of rotatable bonds is 6. The molecular formula is C12H20F3N3O2. The molecule has 0 aliphatic heterocycles. The van der Waals surface area contributed by atoms with Gasteiger partial charge >= 0.3 is 6.18 Å². The molecular weight excluding hydrogens is 275 g/mol. The van der Waals surface area contributed by atoms with Crippen molar-refractivity contribution < 1.29 is 22.4 Å². The first kappa shape index (κ1) is 16.9. The summed E-state index contributed by atoms with van der Waals surface area (Å²) in [5.41, 5.74) is -0.00380. The number of hydrogen-bond donors (Lipinski definition) is 1. The molecule has 0 spiro atoms. The fourth-order valence-electron chi connectivity index (χ4n) is 1.71. The first-order valence-electron chi connectivity index (χ1n) is 6.25. The maximum atomic E-state index is 11.9. The van der Waals surface area contributed by atoms with Gasteiger partial charge in [-0.2, -0.15) is 18.2 Å². The summed E-state index contributed by atoms with van der Waals surface area (Å²) in [6, 6.07) is 0.117. The molecule has 0 aromatic carbocycles. The van der Waals surface area contributed by atoms with Gasteiger partial charge < -0.3 is 14.6 Å². The van der Waals surface area contributed by atoms with Crippen molar-refractivity contribution in [1.29, 1.82) is 0 Å². The van der Waals surface area contributed by atoms with Gasteiger partial charge in [-0.15, -0.1) is 0 Å². The molecule has 0 aliphatic rings. The van der Waals surface area contributed by atoms with Gasteiger partial charge in [0.05, 0.1) is 0 Å². The van der Waals surface area contributed by atoms with Crippen LogP contribution in [-0.2, 0) is 17.8 Å². The van der Waals surface area contributed by atoms with Gasteiger partial charge in [-0.25, -0.2) is 0 Å². The average Bonchev–Trinajstić information content (AvgIpc) is 2.70. The molecule has 1 heterocycles. The van der Waals surface area contributed by atoms with Crippen LogP contribution in [0.15, 0.2) is 4.52 Å². The zero-order valence-electron chi connectivity index (χ0n) is 12.0. The zero-order chi connectivity index (χ0) is 15.4. The molecule has 8 heteroatoms. The van der Waals surface area contributed by atoms with Gasteiger partial charge in [0.1, 0.15) is 13.2 Å². The van der Waals surface area contributed by atoms with E-state index in [0.29, 0.717) is 12.3 Å². The van der Waals surface area contributed by atoms with Crippen LogP contribution >= 0.6 is 0 Å². The number of nitrogens with zero attached hydrogens (tertiary/aromatic N) is 2. The predicted octanol–water partition coefficient (Wildman–Crippen LogP) is 2.33. The molecule has 0 amide bonds. The fraction of sp³-hybridized carbons (Fsp3) is 0.833. The zero-order valence-corrected chi connectivity index (χ0v) is 12.0. The van der Waals surface area contributed by atoms with Crippen LogP contribution in [0.25, 0.3) is 0 Å². The van der Waals surface area contributed by atoms with Crippen molar-refractivity contribution in [3.8, 4) is 0 Å². The molecule has 20 heavy (non-hydrogen) atoms. The molecule has 116 valence electrons. The van der Waals surface area contributed by atoms with Crippen molar-refractivity contribution in [2.45, 2.75) is 46.0 Å². The quantitative estimate of drug-likeness (QED) is 0.872. The molecule has 0 saturated carbocycles. The molecule has 1 aromatic rings. The molecule has 0 saturated heterocycles. The topological polar surface area (TPSA) is 60.2 Å². The smallest absolute Gasteiger partial charge is 0.364 e. The molecule has 1 unspecified atom stereocenters. The maximum absolute atomic E-state index is 11.9. The third-order valence-corrected chi connectivity index (χ3v) is 2.78. The standard InChI is InChI=1S/C12H20F3N3O2/c1-11(2,3)8(16-4)5-10-17-9(18-20-10)6-19-7-12(13,14)15/h8,16H,5-7H2,1-4H3. The van der Waals surface area contributed by atoms with E-state index in [-0.39, 0.29) is 23.9 Å². The average molecular weight is 295 g/mol. The Morgan fingerprint density at radius 2 is 1.95 bits per heavy atom. The second-order valence-corrected chi connectivity index (χ2v) is 5.62. The highest BCUT2D eigenvalue weighted by atomic mass is 19.4. The number of hydrogen-bond acceptors (Lipinski definition) is 5. The van der Waals surface area contributed by atoms with Crippen molar-refractivity contribution in [1.82, 2.24) is 15.5 Å². The van der Waals surface area contributed by atoms with Crippen molar-refractivity contribution >= 4 is 0 Å². The molecule has 0 radical (unpaired) electrons. The summed E-state index contributed by atoms with van der Waals surface area (Å²) in [5, 5.41) is 6.75. The summed E-state index contributed by atoms with van der Waals surface area (Å²) < 4.78 is 45.2. The van der Waals surface area contributed by atoms with Gasteiger partial charge in [0.2, 0.25) is 5.89 Å². The van der Waals surface area contributed by atoms with E-state index in [1.54, 1.807) is 0 Å². The van der Waals surface area contributed by atoms with Crippen LogP contribution in [0.3, 0.4) is 0 Å². The SMILES string of the molecule is CNC(Cc1nc(COCC(F)(F)F)no1)C(C)(C)C. The lowest BCUT2D eigenvalue weighted by Gasteiger charge is -2.29. The van der Waals surface area contributed by atoms with Gasteiger partial charge in [-0.05, 0) is 12.5 Å². The second-order valence-electron chi connectivity index (χ2n) is 5.62. The number of halogens is 3. The van der Waals surface area contributed by atoms with Crippen LogP contribution in [0.2, 0.25) is 0 Å². The highest BCUT2D eigenvalue weighted by Gasteiger charge is 2.28. The summed E-state index contributed by atoms with van der Waals surface area (Å²) in [7, 11) is 1.83. The van der Waals surface area contributed by atoms with Crippen molar-refractivity contribution in [2.75, 3.05) is 13.7 Å². The molecule has 5 nitrogen and oxygen atoms in total. The lowest BCUT2D eigenvalue weighted by Crippen LogP contribution is -2.39. The summed E-state index contributed by atoms with van der Waals surface area (Å²) in [6.07, 6.45) is -3.84. The minimum atomic E-state index is -4.35. The normalized spacial score (nSPS) is 14.6. The van der Waals surface area contributed by atoms with E-state index in [4.69, 9.17) is 4.52 Å². The largest absolute Gasteiger partial charge is 0.411 e. The van der Waals surface area contributed by atoms with E-state index >= 15 is 0 Å². The molecule has 0 fully saturated rings. The van der Waals surface area contributed by atoms with E-state index in [9.17, 15) is 13.2 Å². The van der Waals surface area contributed by atoms with Crippen molar-refractivity contribution in [3.05, 3.63) is 11.7 Å². The molecule has 0 aliphatic carbocycles. The van der Waals surface area contributed by atoms with Gasteiger partial charge in [0.25, 0.3) is 0 Å². The third-order valence-electron chi connectivity index (χ3n) is 2.78. The summed E-state index contributed by atoms with van der Waals surface area (Å²) in [5.74, 6) is 0.498. The molecule has 1 rings (SSSR count). The number of aromatic nitrogens is 2. The summed E-state index contributed by atoms with van der Waals surface area (Å²) >= 11 is 0. The molecule has 1 atom stereocenters. The number of likely N-dealkylation sites (N-methyl/N-ethyl adjacent to an activating group) is 1. The highest BCUT2D eigenvalue weighted by Crippen LogP contribution is 2.22. The minimum Gasteiger partial charge on any atom is -0.364 e. The van der Waals surface area contributed by atoms with Gasteiger partial charge in [0.15, 0.2) is 5.82 Å². The van der Waals surface area contributed by atoms with Gasteiger partial charge in [-0.3, -0.25) is 0 Å². The van der Waals surface area contributed by atoms with E-state index < -0.39 is 12.8 Å². The summed E-state index contributed by atoms with van der Waals surface area (Å²) in [6.45, 7) is 4.56.